The van der Waals surface area contributed by atoms with E-state index in [1.807, 2.05) is 23.1 Å². The topological polar surface area (TPSA) is 129 Å². The third-order valence-corrected chi connectivity index (χ3v) is 8.65. The highest BCUT2D eigenvalue weighted by molar-refractivity contribution is 8.00. The summed E-state index contributed by atoms with van der Waals surface area (Å²) in [6, 6.07) is 7.16. The van der Waals surface area contributed by atoms with Crippen LogP contribution >= 0.6 is 11.9 Å². The number of ether oxygens (including phenoxy) is 1. The Labute approximate surface area is 247 Å². The molecular weight excluding hydrogens is 569 g/mol. The SMILES string of the molecule is N/C1=C\N(N)c2ccc(NSCCO)cc2N2CCC(C(F)(F)F)(CC2)OC/C=C\C2CCCN(C2)c2nccc1n2. The molecule has 0 saturated carbocycles. The van der Waals surface area contributed by atoms with E-state index in [9.17, 15) is 13.2 Å². The molecule has 228 valence electrons. The zero-order valence-corrected chi connectivity index (χ0v) is 24.1. The van der Waals surface area contributed by atoms with Crippen LogP contribution in [0.1, 0.15) is 31.4 Å². The highest BCUT2D eigenvalue weighted by Crippen LogP contribution is 2.44. The van der Waals surface area contributed by atoms with E-state index in [4.69, 9.17) is 26.4 Å². The van der Waals surface area contributed by atoms with Gasteiger partial charge in [0.15, 0.2) is 5.60 Å². The van der Waals surface area contributed by atoms with Gasteiger partial charge in [0.1, 0.15) is 0 Å². The van der Waals surface area contributed by atoms with Crippen molar-refractivity contribution in [1.29, 1.82) is 0 Å². The molecular formula is C28H37F3N8O2S. The minimum Gasteiger partial charge on any atom is -0.396 e. The van der Waals surface area contributed by atoms with Gasteiger partial charge in [-0.15, -0.1) is 0 Å². The molecule has 2 fully saturated rings. The molecule has 0 aliphatic carbocycles. The number of fused-ring (bicyclic) bond motifs is 5. The van der Waals surface area contributed by atoms with Crippen molar-refractivity contribution in [3.63, 3.8) is 0 Å². The number of aliphatic hydroxyl groups excluding tert-OH is 1. The van der Waals surface area contributed by atoms with Gasteiger partial charge in [-0.2, -0.15) is 13.2 Å². The van der Waals surface area contributed by atoms with Gasteiger partial charge in [-0.05, 0) is 43.0 Å². The molecule has 6 bridgehead atoms. The first kappa shape index (κ1) is 30.3. The number of hydrogen-bond donors (Lipinski definition) is 4. The van der Waals surface area contributed by atoms with Crippen LogP contribution in [0, 0.1) is 5.92 Å². The first-order chi connectivity index (χ1) is 20.2. The molecule has 14 heteroatoms. The molecule has 0 radical (unpaired) electrons. The van der Waals surface area contributed by atoms with Crippen LogP contribution in [0.3, 0.4) is 0 Å². The molecule has 6 rings (SSSR count). The molecule has 4 aliphatic rings. The van der Waals surface area contributed by atoms with Crippen LogP contribution in [0.5, 0.6) is 0 Å². The van der Waals surface area contributed by atoms with Gasteiger partial charge in [-0.3, -0.25) is 5.01 Å². The number of aromatic nitrogens is 2. The minimum atomic E-state index is -4.51. The maximum Gasteiger partial charge on any atom is 0.417 e. The number of rotatable bonds is 4. The average molecular weight is 607 g/mol. The highest BCUT2D eigenvalue weighted by Gasteiger charge is 2.57. The molecule has 10 nitrogen and oxygen atoms in total. The third-order valence-electron chi connectivity index (χ3n) is 7.89. The lowest BCUT2D eigenvalue weighted by atomic mass is 9.89. The highest BCUT2D eigenvalue weighted by atomic mass is 32.2. The van der Waals surface area contributed by atoms with Crippen LogP contribution < -0.4 is 31.1 Å². The van der Waals surface area contributed by atoms with Gasteiger partial charge in [0.25, 0.3) is 0 Å². The predicted octanol–water partition coefficient (Wildman–Crippen LogP) is 3.87. The van der Waals surface area contributed by atoms with Crippen molar-refractivity contribution < 1.29 is 23.0 Å². The van der Waals surface area contributed by atoms with Gasteiger partial charge in [-0.1, -0.05) is 24.1 Å². The van der Waals surface area contributed by atoms with Crippen LogP contribution in [0.2, 0.25) is 0 Å². The molecule has 1 unspecified atom stereocenters. The Morgan fingerprint density at radius 1 is 1.14 bits per heavy atom. The van der Waals surface area contributed by atoms with Crippen molar-refractivity contribution >= 4 is 40.7 Å². The predicted molar refractivity (Wildman–Crippen MR) is 161 cm³/mol. The Hall–Kier alpha value is -3.20. The minimum absolute atomic E-state index is 0.00721. The second-order valence-corrected chi connectivity index (χ2v) is 11.6. The summed E-state index contributed by atoms with van der Waals surface area (Å²) in [6.45, 7) is 1.53. The Morgan fingerprint density at radius 3 is 2.71 bits per heavy atom. The summed E-state index contributed by atoms with van der Waals surface area (Å²) in [4.78, 5) is 13.1. The van der Waals surface area contributed by atoms with Crippen molar-refractivity contribution in [2.45, 2.75) is 37.5 Å². The third kappa shape index (κ3) is 6.72. The lowest BCUT2D eigenvalue weighted by Crippen LogP contribution is -2.55. The molecule has 2 aromatic rings. The maximum atomic E-state index is 14.4. The van der Waals surface area contributed by atoms with E-state index in [0.29, 0.717) is 41.0 Å². The fraction of sp³-hybridized carbons (Fsp3) is 0.500. The molecule has 6 N–H and O–H groups in total. The molecule has 5 heterocycles. The van der Waals surface area contributed by atoms with Gasteiger partial charge in [-0.25, -0.2) is 15.8 Å². The average Bonchev–Trinajstić information content (AvgIpc) is 2.99. The number of halogens is 3. The summed E-state index contributed by atoms with van der Waals surface area (Å²) in [5, 5.41) is 10.5. The van der Waals surface area contributed by atoms with E-state index < -0.39 is 11.8 Å². The lowest BCUT2D eigenvalue weighted by Gasteiger charge is -2.43. The summed E-state index contributed by atoms with van der Waals surface area (Å²) >= 11 is 1.32. The normalized spacial score (nSPS) is 25.5. The number of aliphatic hydroxyl groups is 1. The van der Waals surface area contributed by atoms with Crippen LogP contribution in [-0.4, -0.2) is 72.0 Å². The summed E-state index contributed by atoms with van der Waals surface area (Å²) in [6.07, 6.45) is 3.74. The van der Waals surface area contributed by atoms with Gasteiger partial charge in [0.2, 0.25) is 5.95 Å². The van der Waals surface area contributed by atoms with E-state index in [2.05, 4.69) is 14.6 Å². The number of piperidine rings is 2. The number of nitrogens with one attached hydrogen (secondary N) is 1. The molecule has 1 aromatic heterocycles. The molecule has 1 atom stereocenters. The smallest absolute Gasteiger partial charge is 0.396 e. The van der Waals surface area contributed by atoms with Gasteiger partial charge in [0.05, 0.1) is 36.0 Å². The standard InChI is InChI=1S/C28H37F3N8O2S/c29-28(30,31)27-8-12-37(13-9-27)25-17-21(36-42-16-14-40)5-6-24(25)39(33)19-22(32)23-7-10-34-26(35-23)38-11-1-3-20(18-38)4-2-15-41-27/h2,4-7,10,17,19-20,36,40H,1,3,8-9,11-16,18,32-33H2/b4-2-,22-19-. The molecule has 0 amide bonds. The molecule has 4 aliphatic heterocycles. The van der Waals surface area contributed by atoms with Crippen molar-refractivity contribution in [1.82, 2.24) is 9.97 Å². The maximum absolute atomic E-state index is 14.4. The van der Waals surface area contributed by atoms with E-state index in [1.165, 1.54) is 17.0 Å². The number of hydrazine groups is 1. The molecule has 0 spiro atoms. The second kappa shape index (κ2) is 13.0. The first-order valence-corrected chi connectivity index (χ1v) is 15.0. The number of nitrogens with two attached hydrogens (primary N) is 2. The fourth-order valence-electron chi connectivity index (χ4n) is 5.61. The van der Waals surface area contributed by atoms with Crippen molar-refractivity contribution in [3.8, 4) is 0 Å². The summed E-state index contributed by atoms with van der Waals surface area (Å²) < 4.78 is 52.1. The zero-order valence-electron chi connectivity index (χ0n) is 23.3. The van der Waals surface area contributed by atoms with E-state index >= 15 is 0 Å². The number of hydrogen-bond acceptors (Lipinski definition) is 11. The number of alkyl halides is 3. The van der Waals surface area contributed by atoms with Crippen molar-refractivity contribution in [2.24, 2.45) is 17.5 Å². The summed E-state index contributed by atoms with van der Waals surface area (Å²) in [5.74, 6) is 7.67. The largest absolute Gasteiger partial charge is 0.417 e. The quantitative estimate of drug-likeness (QED) is 0.175. The van der Waals surface area contributed by atoms with Crippen molar-refractivity contribution in [2.75, 3.05) is 64.7 Å². The van der Waals surface area contributed by atoms with E-state index in [1.54, 1.807) is 30.6 Å². The van der Waals surface area contributed by atoms with Crippen molar-refractivity contribution in [3.05, 3.63) is 54.5 Å². The van der Waals surface area contributed by atoms with Crippen LogP contribution in [0.15, 0.2) is 48.8 Å². The van der Waals surface area contributed by atoms with Gasteiger partial charge >= 0.3 is 6.18 Å². The summed E-state index contributed by atoms with van der Waals surface area (Å²) in [7, 11) is 0. The van der Waals surface area contributed by atoms with E-state index in [-0.39, 0.29) is 45.1 Å². The molecule has 2 saturated heterocycles. The summed E-state index contributed by atoms with van der Waals surface area (Å²) in [5.41, 5.74) is 7.01. The number of anilines is 4. The Balaban J connectivity index is 1.53. The van der Waals surface area contributed by atoms with Crippen LogP contribution in [0.4, 0.5) is 36.2 Å². The molecule has 42 heavy (non-hydrogen) atoms. The number of nitrogens with zero attached hydrogens (tertiary/aromatic N) is 5. The van der Waals surface area contributed by atoms with Gasteiger partial charge in [0, 0.05) is 62.9 Å². The number of benzene rings is 1. The second-order valence-electron chi connectivity index (χ2n) is 10.7. The fourth-order valence-corrected chi connectivity index (χ4v) is 6.10. The van der Waals surface area contributed by atoms with Crippen LogP contribution in [0.25, 0.3) is 5.70 Å². The molecule has 1 aromatic carbocycles. The first-order valence-electron chi connectivity index (χ1n) is 14.0. The zero-order chi connectivity index (χ0) is 29.7. The monoisotopic (exact) mass is 606 g/mol. The van der Waals surface area contributed by atoms with E-state index in [0.717, 1.165) is 25.1 Å². The Kier molecular flexibility index (Phi) is 9.35. The Morgan fingerprint density at radius 2 is 1.95 bits per heavy atom. The lowest BCUT2D eigenvalue weighted by molar-refractivity contribution is -0.281. The van der Waals surface area contributed by atoms with Crippen LogP contribution in [-0.2, 0) is 4.74 Å². The van der Waals surface area contributed by atoms with Gasteiger partial charge < -0.3 is 30.1 Å². The Bertz CT molecular complexity index is 1290.